The molecule has 0 radical (unpaired) electrons. The van der Waals surface area contributed by atoms with E-state index in [-0.39, 0.29) is 24.0 Å². The third kappa shape index (κ3) is 7.50. The van der Waals surface area contributed by atoms with Gasteiger partial charge in [0.2, 0.25) is 0 Å². The first kappa shape index (κ1) is 23.4. The van der Waals surface area contributed by atoms with Gasteiger partial charge in [-0.05, 0) is 50.0 Å². The lowest BCUT2D eigenvalue weighted by Gasteiger charge is -2.29. The second kappa shape index (κ2) is 12.6. The molecule has 1 aromatic carbocycles. The summed E-state index contributed by atoms with van der Waals surface area (Å²) in [5, 5.41) is 7.02. The van der Waals surface area contributed by atoms with Gasteiger partial charge in [-0.3, -0.25) is 9.89 Å². The second-order valence-corrected chi connectivity index (χ2v) is 7.71. The van der Waals surface area contributed by atoms with Crippen LogP contribution in [0.3, 0.4) is 0 Å². The molecule has 1 aromatic rings. The lowest BCUT2D eigenvalue weighted by atomic mass is 9.97. The average molecular weight is 501 g/mol. The quantitative estimate of drug-likeness (QED) is 0.356. The molecule has 0 atom stereocenters. The molecule has 28 heavy (non-hydrogen) atoms. The van der Waals surface area contributed by atoms with Crippen LogP contribution >= 0.6 is 24.0 Å². The third-order valence-corrected chi connectivity index (χ3v) is 5.68. The molecular formula is C21H36IN5O. The number of hydrogen-bond acceptors (Lipinski definition) is 4. The molecule has 0 bridgehead atoms. The summed E-state index contributed by atoms with van der Waals surface area (Å²) in [6.07, 6.45) is 2.53. The Morgan fingerprint density at radius 2 is 1.75 bits per heavy atom. The number of ether oxygens (including phenoxy) is 1. The van der Waals surface area contributed by atoms with Crippen molar-refractivity contribution in [2.45, 2.75) is 25.9 Å². The smallest absolute Gasteiger partial charge is 0.191 e. The van der Waals surface area contributed by atoms with Crippen LogP contribution < -0.4 is 10.6 Å². The van der Waals surface area contributed by atoms with Gasteiger partial charge in [-0.1, -0.05) is 24.3 Å². The molecule has 2 fully saturated rings. The van der Waals surface area contributed by atoms with Crippen LogP contribution in [-0.2, 0) is 17.8 Å². The van der Waals surface area contributed by atoms with Crippen LogP contribution in [0.1, 0.15) is 24.0 Å². The van der Waals surface area contributed by atoms with E-state index in [1.165, 1.54) is 37.1 Å². The Balaban J connectivity index is 0.00000280. The van der Waals surface area contributed by atoms with Crippen molar-refractivity contribution in [2.75, 3.05) is 60.0 Å². The maximum Gasteiger partial charge on any atom is 0.191 e. The van der Waals surface area contributed by atoms with Crippen molar-refractivity contribution in [1.29, 1.82) is 0 Å². The summed E-state index contributed by atoms with van der Waals surface area (Å²) < 4.78 is 5.46. The number of rotatable bonds is 6. The van der Waals surface area contributed by atoms with Crippen molar-refractivity contribution in [3.8, 4) is 0 Å². The van der Waals surface area contributed by atoms with Gasteiger partial charge in [-0.15, -0.1) is 24.0 Å². The number of piperidine rings is 1. The number of likely N-dealkylation sites (tertiary alicyclic amines) is 1. The maximum atomic E-state index is 5.46. The van der Waals surface area contributed by atoms with Gasteiger partial charge in [0.05, 0.1) is 13.2 Å². The minimum Gasteiger partial charge on any atom is -0.379 e. The van der Waals surface area contributed by atoms with Crippen molar-refractivity contribution in [3.05, 3.63) is 35.4 Å². The summed E-state index contributed by atoms with van der Waals surface area (Å²) in [5.74, 6) is 1.64. The van der Waals surface area contributed by atoms with Crippen molar-refractivity contribution in [1.82, 2.24) is 20.4 Å². The molecule has 2 saturated heterocycles. The topological polar surface area (TPSA) is 52.1 Å². The van der Waals surface area contributed by atoms with Gasteiger partial charge in [0.15, 0.2) is 5.96 Å². The van der Waals surface area contributed by atoms with Crippen molar-refractivity contribution in [2.24, 2.45) is 10.9 Å². The first-order chi connectivity index (χ1) is 13.2. The number of benzene rings is 1. The van der Waals surface area contributed by atoms with Crippen LogP contribution in [0, 0.1) is 5.92 Å². The molecule has 158 valence electrons. The predicted molar refractivity (Wildman–Crippen MR) is 126 cm³/mol. The molecule has 7 heteroatoms. The maximum absolute atomic E-state index is 5.46. The highest BCUT2D eigenvalue weighted by Gasteiger charge is 2.17. The molecule has 0 aliphatic carbocycles. The van der Waals surface area contributed by atoms with E-state index in [9.17, 15) is 0 Å². The van der Waals surface area contributed by atoms with E-state index in [0.29, 0.717) is 0 Å². The van der Waals surface area contributed by atoms with Crippen molar-refractivity contribution >= 4 is 29.9 Å². The summed E-state index contributed by atoms with van der Waals surface area (Å²) in [6, 6.07) is 8.70. The molecular weight excluding hydrogens is 465 g/mol. The summed E-state index contributed by atoms with van der Waals surface area (Å²) in [6.45, 7) is 8.91. The van der Waals surface area contributed by atoms with Gasteiger partial charge in [0, 0.05) is 39.8 Å². The van der Waals surface area contributed by atoms with Crippen molar-refractivity contribution in [3.63, 3.8) is 0 Å². The van der Waals surface area contributed by atoms with Gasteiger partial charge in [-0.25, -0.2) is 0 Å². The van der Waals surface area contributed by atoms with Crippen LogP contribution in [0.2, 0.25) is 0 Å². The number of aliphatic imine (C=N–C) groups is 1. The van der Waals surface area contributed by atoms with E-state index in [0.717, 1.165) is 57.8 Å². The minimum atomic E-state index is 0. The van der Waals surface area contributed by atoms with Gasteiger partial charge >= 0.3 is 0 Å². The van der Waals surface area contributed by atoms with E-state index in [1.54, 1.807) is 0 Å². The summed E-state index contributed by atoms with van der Waals surface area (Å²) in [4.78, 5) is 9.28. The molecule has 0 unspecified atom stereocenters. The number of guanidine groups is 1. The molecule has 0 amide bonds. The van der Waals surface area contributed by atoms with E-state index >= 15 is 0 Å². The first-order valence-corrected chi connectivity index (χ1v) is 10.2. The average Bonchev–Trinajstić information content (AvgIpc) is 2.71. The summed E-state index contributed by atoms with van der Waals surface area (Å²) in [7, 11) is 4.06. The van der Waals surface area contributed by atoms with Crippen molar-refractivity contribution < 1.29 is 4.74 Å². The highest BCUT2D eigenvalue weighted by Crippen LogP contribution is 2.15. The number of morpholine rings is 1. The zero-order valence-electron chi connectivity index (χ0n) is 17.3. The monoisotopic (exact) mass is 501 g/mol. The molecule has 0 saturated carbocycles. The van der Waals surface area contributed by atoms with Gasteiger partial charge in [-0.2, -0.15) is 0 Å². The highest BCUT2D eigenvalue weighted by atomic mass is 127. The first-order valence-electron chi connectivity index (χ1n) is 10.2. The predicted octanol–water partition coefficient (Wildman–Crippen LogP) is 2.14. The Bertz CT molecular complexity index is 598. The fourth-order valence-electron chi connectivity index (χ4n) is 3.79. The lowest BCUT2D eigenvalue weighted by molar-refractivity contribution is 0.0341. The zero-order valence-corrected chi connectivity index (χ0v) is 19.7. The molecule has 0 spiro atoms. The molecule has 2 aliphatic heterocycles. The Hall–Kier alpha value is -0.900. The van der Waals surface area contributed by atoms with Gasteiger partial charge in [0.1, 0.15) is 0 Å². The minimum absolute atomic E-state index is 0. The van der Waals surface area contributed by atoms with E-state index in [4.69, 9.17) is 4.74 Å². The van der Waals surface area contributed by atoms with Gasteiger partial charge < -0.3 is 20.3 Å². The molecule has 2 heterocycles. The normalized spacial score (nSPS) is 19.9. The zero-order chi connectivity index (χ0) is 18.9. The fraction of sp³-hybridized carbons (Fsp3) is 0.667. The van der Waals surface area contributed by atoms with E-state index in [2.05, 4.69) is 56.7 Å². The van der Waals surface area contributed by atoms with Gasteiger partial charge in [0.25, 0.3) is 0 Å². The van der Waals surface area contributed by atoms with E-state index < -0.39 is 0 Å². The van der Waals surface area contributed by atoms with E-state index in [1.807, 2.05) is 7.05 Å². The summed E-state index contributed by atoms with van der Waals surface area (Å²) in [5.41, 5.74) is 2.73. The van der Waals surface area contributed by atoms with Crippen LogP contribution in [0.5, 0.6) is 0 Å². The Morgan fingerprint density at radius 1 is 1.07 bits per heavy atom. The highest BCUT2D eigenvalue weighted by molar-refractivity contribution is 14.0. The Morgan fingerprint density at radius 3 is 2.43 bits per heavy atom. The van der Waals surface area contributed by atoms with Crippen LogP contribution in [0.4, 0.5) is 0 Å². The SMILES string of the molecule is CN=C(NCc1ccccc1CN1CCOCC1)NCC1CCN(C)CC1.I. The number of hydrogen-bond donors (Lipinski definition) is 2. The van der Waals surface area contributed by atoms with Crippen LogP contribution in [-0.4, -0.2) is 75.8 Å². The second-order valence-electron chi connectivity index (χ2n) is 7.71. The third-order valence-electron chi connectivity index (χ3n) is 5.68. The Labute approximate surface area is 187 Å². The number of nitrogens with one attached hydrogen (secondary N) is 2. The number of halogens is 1. The molecule has 2 aliphatic rings. The fourth-order valence-corrected chi connectivity index (χ4v) is 3.79. The largest absolute Gasteiger partial charge is 0.379 e. The molecule has 6 nitrogen and oxygen atoms in total. The van der Waals surface area contributed by atoms with Crippen LogP contribution in [0.15, 0.2) is 29.3 Å². The molecule has 0 aromatic heterocycles. The summed E-state index contributed by atoms with van der Waals surface area (Å²) >= 11 is 0. The van der Waals surface area contributed by atoms with Crippen LogP contribution in [0.25, 0.3) is 0 Å². The molecule has 3 rings (SSSR count). The number of nitrogens with zero attached hydrogens (tertiary/aromatic N) is 3. The lowest BCUT2D eigenvalue weighted by Crippen LogP contribution is -2.42. The Kier molecular flexibility index (Phi) is 10.5. The standard InChI is InChI=1S/C21H35N5O.HI/c1-22-21(23-15-18-7-9-25(2)10-8-18)24-16-19-5-3-4-6-20(19)17-26-11-13-27-14-12-26;/h3-6,18H,7-17H2,1-2H3,(H2,22,23,24);1H. The molecule has 2 N–H and O–H groups in total.